The van der Waals surface area contributed by atoms with Crippen molar-refractivity contribution in [1.29, 1.82) is 0 Å². The van der Waals surface area contributed by atoms with Crippen molar-refractivity contribution in [2.24, 2.45) is 18.9 Å². The number of hydrogen-bond donors (Lipinski definition) is 1. The molecule has 30 heavy (non-hydrogen) atoms. The van der Waals surface area contributed by atoms with Gasteiger partial charge in [0.25, 0.3) is 0 Å². The monoisotopic (exact) mass is 413 g/mol. The van der Waals surface area contributed by atoms with Gasteiger partial charge in [-0.1, -0.05) is 0 Å². The summed E-state index contributed by atoms with van der Waals surface area (Å²) in [5.41, 5.74) is 1.57. The van der Waals surface area contributed by atoms with Crippen LogP contribution in [0.3, 0.4) is 0 Å². The molecule has 1 amide bonds. The number of fused-ring (bicyclic) bond motifs is 1. The first-order valence-electron chi connectivity index (χ1n) is 11.1. The molecule has 2 saturated heterocycles. The molecule has 9 heteroatoms. The average Bonchev–Trinajstić information content (AvgIpc) is 3.50. The number of anilines is 1. The van der Waals surface area contributed by atoms with E-state index in [0.29, 0.717) is 30.6 Å². The van der Waals surface area contributed by atoms with Crippen molar-refractivity contribution in [2.75, 3.05) is 51.2 Å². The molecule has 1 atom stereocenters. The van der Waals surface area contributed by atoms with E-state index >= 15 is 0 Å². The van der Waals surface area contributed by atoms with Crippen molar-refractivity contribution in [2.45, 2.75) is 31.8 Å². The van der Waals surface area contributed by atoms with E-state index in [4.69, 9.17) is 4.74 Å². The number of ether oxygens (including phenoxy) is 1. The Hall–Kier alpha value is -2.26. The van der Waals surface area contributed by atoms with E-state index in [1.165, 1.54) is 45.3 Å². The quantitative estimate of drug-likeness (QED) is 0.728. The van der Waals surface area contributed by atoms with Crippen LogP contribution in [-0.4, -0.2) is 87.2 Å². The van der Waals surface area contributed by atoms with Gasteiger partial charge in [-0.25, -0.2) is 9.97 Å². The Balaban J connectivity index is 1.10. The van der Waals surface area contributed by atoms with Crippen LogP contribution < -0.4 is 5.32 Å². The molecule has 5 rings (SSSR count). The first-order chi connectivity index (χ1) is 14.6. The van der Waals surface area contributed by atoms with Crippen LogP contribution in [0.1, 0.15) is 25.7 Å². The molecule has 0 aromatic carbocycles. The molecule has 3 aliphatic rings. The minimum absolute atomic E-state index is 0.0549. The summed E-state index contributed by atoms with van der Waals surface area (Å²) in [6, 6.07) is 0. The minimum atomic E-state index is -0.0549. The van der Waals surface area contributed by atoms with Crippen molar-refractivity contribution >= 4 is 23.0 Å². The Bertz CT molecular complexity index is 889. The molecule has 1 aliphatic carbocycles. The van der Waals surface area contributed by atoms with Gasteiger partial charge in [0.1, 0.15) is 12.1 Å². The van der Waals surface area contributed by atoms with Crippen molar-refractivity contribution in [3.05, 3.63) is 12.5 Å². The number of rotatable bonds is 7. The van der Waals surface area contributed by atoms with Gasteiger partial charge < -0.3 is 24.4 Å². The number of amides is 1. The zero-order chi connectivity index (χ0) is 20.5. The predicted octanol–water partition coefficient (Wildman–Crippen LogP) is 1.12. The molecule has 162 valence electrons. The molecule has 2 aromatic rings. The first-order valence-corrected chi connectivity index (χ1v) is 11.1. The lowest BCUT2D eigenvalue weighted by molar-refractivity contribution is -0.149. The number of piperidine rings is 1. The number of hydrogen-bond acceptors (Lipinski definition) is 7. The van der Waals surface area contributed by atoms with Crippen LogP contribution >= 0.6 is 0 Å². The van der Waals surface area contributed by atoms with Crippen LogP contribution in [0.5, 0.6) is 0 Å². The molecule has 9 nitrogen and oxygen atoms in total. The lowest BCUT2D eigenvalue weighted by atomic mass is 9.95. The maximum absolute atomic E-state index is 12.4. The molecule has 1 unspecified atom stereocenters. The molecule has 4 heterocycles. The van der Waals surface area contributed by atoms with Gasteiger partial charge in [0, 0.05) is 33.2 Å². The van der Waals surface area contributed by atoms with Gasteiger partial charge in [0.2, 0.25) is 11.9 Å². The summed E-state index contributed by atoms with van der Waals surface area (Å²) < 4.78 is 7.65. The zero-order valence-electron chi connectivity index (χ0n) is 17.7. The topological polar surface area (TPSA) is 88.4 Å². The van der Waals surface area contributed by atoms with Crippen molar-refractivity contribution in [3.63, 3.8) is 0 Å². The van der Waals surface area contributed by atoms with E-state index in [1.54, 1.807) is 12.5 Å². The van der Waals surface area contributed by atoms with Crippen LogP contribution in [0, 0.1) is 11.8 Å². The van der Waals surface area contributed by atoms with Gasteiger partial charge in [-0.15, -0.1) is 0 Å². The molecule has 1 saturated carbocycles. The summed E-state index contributed by atoms with van der Waals surface area (Å²) in [4.78, 5) is 30.1. The minimum Gasteiger partial charge on any atom is -0.365 e. The smallest absolute Gasteiger partial charge is 0.248 e. The van der Waals surface area contributed by atoms with Crippen molar-refractivity contribution in [1.82, 2.24) is 29.3 Å². The number of likely N-dealkylation sites (tertiary alicyclic amines) is 1. The van der Waals surface area contributed by atoms with E-state index in [0.717, 1.165) is 18.0 Å². The Morgan fingerprint density at radius 2 is 1.93 bits per heavy atom. The number of carbonyl (C=O) groups excluding carboxylic acids is 1. The first kappa shape index (κ1) is 19.7. The van der Waals surface area contributed by atoms with Crippen LogP contribution in [-0.2, 0) is 16.6 Å². The number of aromatic nitrogens is 4. The fourth-order valence-corrected chi connectivity index (χ4v) is 4.51. The second-order valence-electron chi connectivity index (χ2n) is 9.06. The number of carbonyl (C=O) groups is 1. The van der Waals surface area contributed by atoms with Crippen molar-refractivity contribution in [3.8, 4) is 0 Å². The molecule has 1 N–H and O–H groups in total. The molecule has 0 spiro atoms. The highest BCUT2D eigenvalue weighted by atomic mass is 16.5. The molecular formula is C21H31N7O2. The Labute approximate surface area is 176 Å². The normalized spacial score (nSPS) is 24.0. The Morgan fingerprint density at radius 1 is 1.13 bits per heavy atom. The highest BCUT2D eigenvalue weighted by Crippen LogP contribution is 2.31. The number of imidazole rings is 1. The van der Waals surface area contributed by atoms with Gasteiger partial charge in [-0.2, -0.15) is 4.98 Å². The lowest BCUT2D eigenvalue weighted by Crippen LogP contribution is -2.51. The number of morpholine rings is 1. The van der Waals surface area contributed by atoms with E-state index in [-0.39, 0.29) is 18.6 Å². The SMILES string of the molecule is Cn1cnc2nc(NCC3CN(CC4CCN(CC5CC5)CC4)C(=O)CO3)ncc21. The maximum Gasteiger partial charge on any atom is 0.248 e. The second kappa shape index (κ2) is 8.47. The van der Waals surface area contributed by atoms with Crippen LogP contribution in [0.15, 0.2) is 12.5 Å². The highest BCUT2D eigenvalue weighted by Gasteiger charge is 2.31. The predicted molar refractivity (Wildman–Crippen MR) is 113 cm³/mol. The third-order valence-corrected chi connectivity index (χ3v) is 6.59. The van der Waals surface area contributed by atoms with Crippen LogP contribution in [0.4, 0.5) is 5.95 Å². The van der Waals surface area contributed by atoms with Gasteiger partial charge in [0.05, 0.1) is 18.6 Å². The summed E-state index contributed by atoms with van der Waals surface area (Å²) in [5.74, 6) is 2.21. The summed E-state index contributed by atoms with van der Waals surface area (Å²) in [5, 5.41) is 3.24. The summed E-state index contributed by atoms with van der Waals surface area (Å²) in [7, 11) is 1.92. The summed E-state index contributed by atoms with van der Waals surface area (Å²) >= 11 is 0. The number of nitrogens with one attached hydrogen (secondary N) is 1. The van der Waals surface area contributed by atoms with Crippen molar-refractivity contribution < 1.29 is 9.53 Å². The molecule has 2 aliphatic heterocycles. The van der Waals surface area contributed by atoms with Gasteiger partial charge >= 0.3 is 0 Å². The molecule has 2 aromatic heterocycles. The summed E-state index contributed by atoms with van der Waals surface area (Å²) in [6.07, 6.45) is 8.66. The number of nitrogens with zero attached hydrogens (tertiary/aromatic N) is 6. The molecule has 0 radical (unpaired) electrons. The maximum atomic E-state index is 12.4. The summed E-state index contributed by atoms with van der Waals surface area (Å²) in [6.45, 7) is 5.85. The van der Waals surface area contributed by atoms with E-state index in [1.807, 2.05) is 16.5 Å². The zero-order valence-corrected chi connectivity index (χ0v) is 17.7. The molecule has 3 fully saturated rings. The third kappa shape index (κ3) is 4.57. The van der Waals surface area contributed by atoms with Crippen LogP contribution in [0.2, 0.25) is 0 Å². The largest absolute Gasteiger partial charge is 0.365 e. The standard InChI is InChI=1S/C21H31N7O2/c1-26-14-24-20-18(26)9-23-21(25-20)22-8-17-12-28(19(29)13-30-17)11-16-4-6-27(7-5-16)10-15-2-3-15/h9,14-17H,2-8,10-13H2,1H3,(H,22,23,25). The van der Waals surface area contributed by atoms with Gasteiger partial charge in [-0.3, -0.25) is 4.79 Å². The lowest BCUT2D eigenvalue weighted by Gasteiger charge is -2.38. The Kier molecular flexibility index (Phi) is 5.56. The van der Waals surface area contributed by atoms with E-state index in [2.05, 4.69) is 25.2 Å². The fraction of sp³-hybridized carbons (Fsp3) is 0.714. The van der Waals surface area contributed by atoms with Gasteiger partial charge in [-0.05, 0) is 50.6 Å². The van der Waals surface area contributed by atoms with E-state index < -0.39 is 0 Å². The van der Waals surface area contributed by atoms with Gasteiger partial charge in [0.15, 0.2) is 5.65 Å². The van der Waals surface area contributed by atoms with Crippen LogP contribution in [0.25, 0.3) is 11.2 Å². The average molecular weight is 414 g/mol. The number of aryl methyl sites for hydroxylation is 1. The van der Waals surface area contributed by atoms with E-state index in [9.17, 15) is 4.79 Å². The second-order valence-corrected chi connectivity index (χ2v) is 9.06. The fourth-order valence-electron chi connectivity index (χ4n) is 4.51. The molecular weight excluding hydrogens is 382 g/mol. The highest BCUT2D eigenvalue weighted by molar-refractivity contribution is 5.78. The third-order valence-electron chi connectivity index (χ3n) is 6.59. The Morgan fingerprint density at radius 3 is 2.73 bits per heavy atom. The molecule has 0 bridgehead atoms.